The zero-order valence-electron chi connectivity index (χ0n) is 10.9. The zero-order chi connectivity index (χ0) is 15.7. The maximum Gasteiger partial charge on any atom is 0.410 e. The molecule has 7 heteroatoms. The Kier molecular flexibility index (Phi) is 3.78. The highest BCUT2D eigenvalue weighted by molar-refractivity contribution is 5.95. The monoisotopic (exact) mass is 297 g/mol. The van der Waals surface area contributed by atoms with Crippen molar-refractivity contribution in [3.8, 4) is 0 Å². The van der Waals surface area contributed by atoms with Gasteiger partial charge < -0.3 is 16.8 Å². The molecular formula is C14H14F3N3O. The van der Waals surface area contributed by atoms with Gasteiger partial charge in [0, 0.05) is 23.4 Å². The zero-order valence-corrected chi connectivity index (χ0v) is 10.9. The first-order valence-electron chi connectivity index (χ1n) is 6.12. The van der Waals surface area contributed by atoms with Crippen molar-refractivity contribution in [3.63, 3.8) is 0 Å². The van der Waals surface area contributed by atoms with E-state index < -0.39 is 24.0 Å². The molecule has 0 aliphatic heterocycles. The predicted molar refractivity (Wildman–Crippen MR) is 71.9 cm³/mol. The Morgan fingerprint density at radius 3 is 2.43 bits per heavy atom. The Labute approximate surface area is 119 Å². The van der Waals surface area contributed by atoms with E-state index in [-0.39, 0.29) is 11.4 Å². The van der Waals surface area contributed by atoms with Crippen LogP contribution in [0.3, 0.4) is 0 Å². The van der Waals surface area contributed by atoms with E-state index in [0.29, 0.717) is 5.56 Å². The van der Waals surface area contributed by atoms with Crippen LogP contribution in [-0.4, -0.2) is 17.6 Å². The summed E-state index contributed by atoms with van der Waals surface area (Å²) in [6.07, 6.45) is -3.20. The summed E-state index contributed by atoms with van der Waals surface area (Å²) in [6.45, 7) is 0. The number of hydrogen-bond donors (Lipinski definition) is 3. The van der Waals surface area contributed by atoms with E-state index >= 15 is 0 Å². The second-order valence-electron chi connectivity index (χ2n) is 4.85. The molecule has 0 spiro atoms. The Balaban J connectivity index is 2.19. The van der Waals surface area contributed by atoms with Crippen molar-refractivity contribution in [2.75, 3.05) is 0 Å². The first kappa shape index (κ1) is 15.1. The van der Waals surface area contributed by atoms with Gasteiger partial charge in [0.1, 0.15) is 5.54 Å². The highest BCUT2D eigenvalue weighted by atomic mass is 19.4. The molecule has 21 heavy (non-hydrogen) atoms. The van der Waals surface area contributed by atoms with E-state index in [1.165, 1.54) is 6.08 Å². The Morgan fingerprint density at radius 1 is 1.24 bits per heavy atom. The van der Waals surface area contributed by atoms with E-state index in [2.05, 4.69) is 5.32 Å². The molecule has 2 rings (SSSR count). The van der Waals surface area contributed by atoms with Crippen LogP contribution >= 0.6 is 0 Å². The minimum absolute atomic E-state index is 0.0312. The van der Waals surface area contributed by atoms with Crippen molar-refractivity contribution in [1.29, 1.82) is 0 Å². The third-order valence-corrected chi connectivity index (χ3v) is 3.09. The largest absolute Gasteiger partial charge is 0.410 e. The van der Waals surface area contributed by atoms with Crippen LogP contribution in [0.15, 0.2) is 53.9 Å². The van der Waals surface area contributed by atoms with Gasteiger partial charge in [0.25, 0.3) is 5.91 Å². The molecule has 1 aliphatic rings. The van der Waals surface area contributed by atoms with Crippen LogP contribution in [-0.2, 0) is 0 Å². The van der Waals surface area contributed by atoms with Crippen LogP contribution in [0, 0.1) is 0 Å². The lowest BCUT2D eigenvalue weighted by Gasteiger charge is -2.32. The molecule has 0 heterocycles. The number of benzene rings is 1. The predicted octanol–water partition coefficient (Wildman–Crippen LogP) is 1.81. The topological polar surface area (TPSA) is 81.1 Å². The number of alkyl halides is 3. The number of nitrogens with one attached hydrogen (secondary N) is 1. The number of carbonyl (C=O) groups excluding carboxylic acids is 1. The van der Waals surface area contributed by atoms with Gasteiger partial charge in [-0.3, -0.25) is 4.79 Å². The van der Waals surface area contributed by atoms with Gasteiger partial charge >= 0.3 is 6.18 Å². The molecule has 1 aromatic carbocycles. The van der Waals surface area contributed by atoms with E-state index in [9.17, 15) is 18.0 Å². The van der Waals surface area contributed by atoms with Gasteiger partial charge in [-0.05, 0) is 24.3 Å². The van der Waals surface area contributed by atoms with Crippen molar-refractivity contribution in [3.05, 3.63) is 59.4 Å². The van der Waals surface area contributed by atoms with Crippen LogP contribution in [0.25, 0.3) is 0 Å². The molecule has 112 valence electrons. The Bertz CT molecular complexity index is 608. The van der Waals surface area contributed by atoms with Crippen LogP contribution < -0.4 is 16.8 Å². The number of carbonyl (C=O) groups is 1. The molecule has 0 saturated carbocycles. The summed E-state index contributed by atoms with van der Waals surface area (Å²) >= 11 is 0. The molecule has 0 radical (unpaired) electrons. The summed E-state index contributed by atoms with van der Waals surface area (Å²) in [5.41, 5.74) is 8.48. The second-order valence-corrected chi connectivity index (χ2v) is 4.85. The molecule has 1 atom stereocenters. The average Bonchev–Trinajstić information content (AvgIpc) is 2.37. The molecule has 0 aromatic heterocycles. The molecule has 5 N–H and O–H groups in total. The van der Waals surface area contributed by atoms with Gasteiger partial charge in [-0.25, -0.2) is 0 Å². The van der Waals surface area contributed by atoms with E-state index in [1.807, 2.05) is 0 Å². The fraction of sp³-hybridized carbons (Fsp3) is 0.214. The van der Waals surface area contributed by atoms with E-state index in [4.69, 9.17) is 11.5 Å². The van der Waals surface area contributed by atoms with Gasteiger partial charge in [0.2, 0.25) is 0 Å². The van der Waals surface area contributed by atoms with Gasteiger partial charge in [-0.15, -0.1) is 0 Å². The van der Waals surface area contributed by atoms with E-state index in [0.717, 1.165) is 6.08 Å². The van der Waals surface area contributed by atoms with Crippen molar-refractivity contribution in [1.82, 2.24) is 5.32 Å². The van der Waals surface area contributed by atoms with Crippen LogP contribution in [0.2, 0.25) is 0 Å². The molecule has 0 bridgehead atoms. The van der Waals surface area contributed by atoms with Gasteiger partial charge in [-0.2, -0.15) is 13.2 Å². The molecule has 1 unspecified atom stereocenters. The molecule has 0 fully saturated rings. The minimum Gasteiger partial charge on any atom is -0.399 e. The average molecular weight is 297 g/mol. The fourth-order valence-corrected chi connectivity index (χ4v) is 2.03. The number of rotatable bonds is 2. The van der Waals surface area contributed by atoms with Crippen molar-refractivity contribution >= 4 is 5.91 Å². The fourth-order valence-electron chi connectivity index (χ4n) is 2.03. The first-order valence-corrected chi connectivity index (χ1v) is 6.12. The van der Waals surface area contributed by atoms with Crippen molar-refractivity contribution in [2.24, 2.45) is 11.5 Å². The number of amides is 1. The van der Waals surface area contributed by atoms with Gasteiger partial charge in [0.15, 0.2) is 0 Å². The first-order chi connectivity index (χ1) is 9.71. The van der Waals surface area contributed by atoms with Crippen LogP contribution in [0.1, 0.15) is 16.8 Å². The molecule has 1 aromatic rings. The summed E-state index contributed by atoms with van der Waals surface area (Å²) in [6, 6.07) is 8.14. The maximum absolute atomic E-state index is 13.0. The molecule has 0 saturated heterocycles. The third-order valence-electron chi connectivity index (χ3n) is 3.09. The van der Waals surface area contributed by atoms with Crippen molar-refractivity contribution in [2.45, 2.75) is 18.1 Å². The smallest absolute Gasteiger partial charge is 0.399 e. The molecule has 4 nitrogen and oxygen atoms in total. The Hall–Kier alpha value is -2.28. The summed E-state index contributed by atoms with van der Waals surface area (Å²) in [7, 11) is 0. The summed E-state index contributed by atoms with van der Waals surface area (Å²) in [5.74, 6) is -0.513. The molecule has 1 amide bonds. The lowest BCUT2D eigenvalue weighted by atomic mass is 9.88. The van der Waals surface area contributed by atoms with Gasteiger partial charge in [-0.1, -0.05) is 18.2 Å². The number of halogens is 3. The standard InChI is InChI=1S/C14H14F3N3O/c15-14(16,17)13(19)7-10(18)6-11(8-13)20-12(21)9-4-2-1-3-5-9/h1-7H,8,18-19H2,(H,20,21). The highest BCUT2D eigenvalue weighted by Crippen LogP contribution is 2.36. The maximum atomic E-state index is 13.0. The number of hydrogen-bond acceptors (Lipinski definition) is 3. The van der Waals surface area contributed by atoms with Crippen LogP contribution in [0.4, 0.5) is 13.2 Å². The molecule has 1 aliphatic carbocycles. The number of nitrogens with two attached hydrogens (primary N) is 2. The van der Waals surface area contributed by atoms with E-state index in [1.54, 1.807) is 30.3 Å². The summed E-state index contributed by atoms with van der Waals surface area (Å²) in [5, 5.41) is 2.41. The van der Waals surface area contributed by atoms with Gasteiger partial charge in [0.05, 0.1) is 0 Å². The lowest BCUT2D eigenvalue weighted by molar-refractivity contribution is -0.171. The third kappa shape index (κ3) is 3.25. The normalized spacial score (nSPS) is 22.3. The molecular weight excluding hydrogens is 283 g/mol. The SMILES string of the molecule is NC1=CC(N)(C(F)(F)F)CC(NC(=O)c2ccccc2)=C1. The lowest BCUT2D eigenvalue weighted by Crippen LogP contribution is -2.54. The summed E-state index contributed by atoms with van der Waals surface area (Å²) < 4.78 is 38.9. The number of allylic oxidation sites excluding steroid dienone is 1. The summed E-state index contributed by atoms with van der Waals surface area (Å²) in [4.78, 5) is 11.9. The van der Waals surface area contributed by atoms with Crippen molar-refractivity contribution < 1.29 is 18.0 Å². The van der Waals surface area contributed by atoms with Crippen LogP contribution in [0.5, 0.6) is 0 Å². The second kappa shape index (κ2) is 5.25. The quantitative estimate of drug-likeness (QED) is 0.778. The minimum atomic E-state index is -4.66. The highest BCUT2D eigenvalue weighted by Gasteiger charge is 2.52. The Morgan fingerprint density at radius 2 is 1.86 bits per heavy atom.